The van der Waals surface area contributed by atoms with Crippen molar-refractivity contribution in [3.05, 3.63) is 28.5 Å². The van der Waals surface area contributed by atoms with Gasteiger partial charge in [0, 0.05) is 11.6 Å². The molecule has 0 aromatic heterocycles. The molecular weight excluding hydrogens is 273 g/mol. The van der Waals surface area contributed by atoms with Crippen molar-refractivity contribution in [1.29, 1.82) is 0 Å². The summed E-state index contributed by atoms with van der Waals surface area (Å²) in [6.07, 6.45) is 0. The first kappa shape index (κ1) is 13.2. The maximum atomic E-state index is 13.0. The van der Waals surface area contributed by atoms with Crippen LogP contribution in [-0.4, -0.2) is 5.91 Å². The van der Waals surface area contributed by atoms with Gasteiger partial charge in [-0.15, -0.1) is 0 Å². The van der Waals surface area contributed by atoms with Crippen LogP contribution in [0, 0.1) is 17.7 Å². The fraction of sp³-hybridized carbons (Fsp3) is 0.417. The quantitative estimate of drug-likeness (QED) is 0.900. The molecule has 0 saturated heterocycles. The Balaban J connectivity index is 2.74. The van der Waals surface area contributed by atoms with Crippen LogP contribution in [0.2, 0.25) is 0 Å². The van der Waals surface area contributed by atoms with E-state index in [4.69, 9.17) is 0 Å². The molecule has 1 unspecified atom stereocenters. The van der Waals surface area contributed by atoms with E-state index in [1.807, 2.05) is 20.8 Å². The standard InChI is InChI=1S/C12H15BrFNO/c1-7(2)8(3)12(16)15-9-4-5-11(14)10(13)6-9/h4-8H,1-3H3,(H,15,16). The van der Waals surface area contributed by atoms with Crippen molar-refractivity contribution < 1.29 is 9.18 Å². The van der Waals surface area contributed by atoms with Gasteiger partial charge in [0.2, 0.25) is 5.91 Å². The maximum absolute atomic E-state index is 13.0. The lowest BCUT2D eigenvalue weighted by Crippen LogP contribution is -2.24. The van der Waals surface area contributed by atoms with Gasteiger partial charge in [0.15, 0.2) is 0 Å². The highest BCUT2D eigenvalue weighted by atomic mass is 79.9. The van der Waals surface area contributed by atoms with E-state index in [0.29, 0.717) is 10.2 Å². The fourth-order valence-electron chi connectivity index (χ4n) is 1.13. The van der Waals surface area contributed by atoms with E-state index in [9.17, 15) is 9.18 Å². The van der Waals surface area contributed by atoms with Crippen LogP contribution in [-0.2, 0) is 4.79 Å². The minimum Gasteiger partial charge on any atom is -0.326 e. The first-order valence-corrected chi connectivity index (χ1v) is 5.97. The van der Waals surface area contributed by atoms with Gasteiger partial charge < -0.3 is 5.32 Å². The van der Waals surface area contributed by atoms with Gasteiger partial charge in [-0.25, -0.2) is 4.39 Å². The molecule has 0 fully saturated rings. The van der Waals surface area contributed by atoms with E-state index in [1.165, 1.54) is 6.07 Å². The minimum atomic E-state index is -0.338. The zero-order valence-corrected chi connectivity index (χ0v) is 11.1. The Morgan fingerprint density at radius 2 is 2.00 bits per heavy atom. The molecule has 0 bridgehead atoms. The topological polar surface area (TPSA) is 29.1 Å². The molecule has 4 heteroatoms. The number of hydrogen-bond donors (Lipinski definition) is 1. The molecule has 0 aliphatic carbocycles. The van der Waals surface area contributed by atoms with Crippen LogP contribution in [0.4, 0.5) is 10.1 Å². The van der Waals surface area contributed by atoms with Gasteiger partial charge >= 0.3 is 0 Å². The number of benzene rings is 1. The Labute approximate surface area is 103 Å². The van der Waals surface area contributed by atoms with Crippen LogP contribution < -0.4 is 5.32 Å². The van der Waals surface area contributed by atoms with Crippen molar-refractivity contribution in [1.82, 2.24) is 0 Å². The van der Waals surface area contributed by atoms with Gasteiger partial charge in [-0.2, -0.15) is 0 Å². The van der Waals surface area contributed by atoms with E-state index < -0.39 is 0 Å². The summed E-state index contributed by atoms with van der Waals surface area (Å²) in [6, 6.07) is 4.42. The normalized spacial score (nSPS) is 12.6. The van der Waals surface area contributed by atoms with Gasteiger partial charge in [-0.05, 0) is 40.0 Å². The molecule has 2 nitrogen and oxygen atoms in total. The summed E-state index contributed by atoms with van der Waals surface area (Å²) in [5, 5.41) is 2.76. The smallest absolute Gasteiger partial charge is 0.227 e. The Morgan fingerprint density at radius 3 is 2.50 bits per heavy atom. The van der Waals surface area contributed by atoms with Gasteiger partial charge in [-0.1, -0.05) is 20.8 Å². The van der Waals surface area contributed by atoms with Crippen molar-refractivity contribution in [3.63, 3.8) is 0 Å². The number of halogens is 2. The minimum absolute atomic E-state index is 0.0477. The van der Waals surface area contributed by atoms with Gasteiger partial charge in [0.05, 0.1) is 4.47 Å². The Kier molecular flexibility index (Phi) is 4.47. The molecule has 1 aromatic rings. The van der Waals surface area contributed by atoms with Crippen LogP contribution in [0.3, 0.4) is 0 Å². The summed E-state index contributed by atoms with van der Waals surface area (Å²) in [5.74, 6) is -0.170. The van der Waals surface area contributed by atoms with E-state index in [1.54, 1.807) is 12.1 Å². The van der Waals surface area contributed by atoms with Crippen molar-refractivity contribution in [2.45, 2.75) is 20.8 Å². The predicted octanol–water partition coefficient (Wildman–Crippen LogP) is 3.82. The molecule has 0 spiro atoms. The summed E-state index contributed by atoms with van der Waals surface area (Å²) in [4.78, 5) is 11.7. The lowest BCUT2D eigenvalue weighted by molar-refractivity contribution is -0.120. The number of amides is 1. The maximum Gasteiger partial charge on any atom is 0.227 e. The second kappa shape index (κ2) is 5.43. The van der Waals surface area contributed by atoms with Crippen LogP contribution >= 0.6 is 15.9 Å². The van der Waals surface area contributed by atoms with Gasteiger partial charge in [-0.3, -0.25) is 4.79 Å². The highest BCUT2D eigenvalue weighted by Gasteiger charge is 2.16. The summed E-state index contributed by atoms with van der Waals surface area (Å²) in [7, 11) is 0. The molecule has 0 aliphatic rings. The zero-order valence-electron chi connectivity index (χ0n) is 9.55. The van der Waals surface area contributed by atoms with Crippen molar-refractivity contribution in [3.8, 4) is 0 Å². The van der Waals surface area contributed by atoms with Gasteiger partial charge in [0.25, 0.3) is 0 Å². The molecule has 1 amide bonds. The average molecular weight is 288 g/mol. The summed E-state index contributed by atoms with van der Waals surface area (Å²) in [6.45, 7) is 5.86. The second-order valence-corrected chi connectivity index (χ2v) is 5.01. The Bertz CT molecular complexity index is 393. The number of hydrogen-bond acceptors (Lipinski definition) is 1. The third-order valence-electron chi connectivity index (χ3n) is 2.60. The molecule has 1 N–H and O–H groups in total. The molecule has 0 saturated carbocycles. The molecule has 0 heterocycles. The third-order valence-corrected chi connectivity index (χ3v) is 3.21. The summed E-state index contributed by atoms with van der Waals surface area (Å²) in [5.41, 5.74) is 0.603. The molecule has 1 atom stereocenters. The number of rotatable bonds is 3. The number of carbonyl (C=O) groups excluding carboxylic acids is 1. The lowest BCUT2D eigenvalue weighted by atomic mass is 9.97. The third kappa shape index (κ3) is 3.30. The van der Waals surface area contributed by atoms with Crippen molar-refractivity contribution >= 4 is 27.5 Å². The summed E-state index contributed by atoms with van der Waals surface area (Å²) < 4.78 is 13.3. The SMILES string of the molecule is CC(C)C(C)C(=O)Nc1ccc(F)c(Br)c1. The molecule has 16 heavy (non-hydrogen) atoms. The molecule has 0 aliphatic heterocycles. The Hall–Kier alpha value is -0.900. The van der Waals surface area contributed by atoms with Crippen molar-refractivity contribution in [2.75, 3.05) is 5.32 Å². The number of anilines is 1. The van der Waals surface area contributed by atoms with Crippen LogP contribution in [0.25, 0.3) is 0 Å². The van der Waals surface area contributed by atoms with E-state index in [-0.39, 0.29) is 23.6 Å². The molecule has 88 valence electrons. The molecular formula is C12H15BrFNO. The molecule has 1 aromatic carbocycles. The number of nitrogens with one attached hydrogen (secondary N) is 1. The highest BCUT2D eigenvalue weighted by molar-refractivity contribution is 9.10. The second-order valence-electron chi connectivity index (χ2n) is 4.15. The van der Waals surface area contributed by atoms with E-state index >= 15 is 0 Å². The average Bonchev–Trinajstić information content (AvgIpc) is 2.22. The zero-order chi connectivity index (χ0) is 12.3. The van der Waals surface area contributed by atoms with Gasteiger partial charge in [0.1, 0.15) is 5.82 Å². The summed E-state index contributed by atoms with van der Waals surface area (Å²) >= 11 is 3.08. The largest absolute Gasteiger partial charge is 0.326 e. The first-order valence-electron chi connectivity index (χ1n) is 5.17. The van der Waals surface area contributed by atoms with Crippen LogP contribution in [0.1, 0.15) is 20.8 Å². The van der Waals surface area contributed by atoms with E-state index in [0.717, 1.165) is 0 Å². The highest BCUT2D eigenvalue weighted by Crippen LogP contribution is 2.21. The first-order chi connectivity index (χ1) is 7.41. The Morgan fingerprint density at radius 1 is 1.38 bits per heavy atom. The van der Waals surface area contributed by atoms with Crippen LogP contribution in [0.5, 0.6) is 0 Å². The molecule has 0 radical (unpaired) electrons. The van der Waals surface area contributed by atoms with Crippen molar-refractivity contribution in [2.24, 2.45) is 11.8 Å². The lowest BCUT2D eigenvalue weighted by Gasteiger charge is -2.15. The monoisotopic (exact) mass is 287 g/mol. The number of carbonyl (C=O) groups is 1. The molecule has 1 rings (SSSR count). The van der Waals surface area contributed by atoms with E-state index in [2.05, 4.69) is 21.2 Å². The fourth-order valence-corrected chi connectivity index (χ4v) is 1.51. The predicted molar refractivity (Wildman–Crippen MR) is 66.7 cm³/mol. The van der Waals surface area contributed by atoms with Crippen LogP contribution in [0.15, 0.2) is 22.7 Å².